The monoisotopic (exact) mass is 677 g/mol. The van der Waals surface area contributed by atoms with Gasteiger partial charge in [-0.3, -0.25) is 9.69 Å². The molecule has 0 bridgehead atoms. The summed E-state index contributed by atoms with van der Waals surface area (Å²) in [7, 11) is 3.56. The number of carbonyl (C=O) groups excluding carboxylic acids is 1. The van der Waals surface area contributed by atoms with Crippen molar-refractivity contribution in [3.05, 3.63) is 53.7 Å². The van der Waals surface area contributed by atoms with Crippen molar-refractivity contribution < 1.29 is 27.8 Å². The summed E-state index contributed by atoms with van der Waals surface area (Å²) >= 11 is 0. The lowest BCUT2D eigenvalue weighted by atomic mass is 9.88. The number of hydrogen-bond donors (Lipinski definition) is 2. The third-order valence-corrected chi connectivity index (χ3v) is 10.5. The van der Waals surface area contributed by atoms with Crippen LogP contribution in [0.4, 0.5) is 30.5 Å². The number of amides is 1. The number of pyridine rings is 1. The second kappa shape index (κ2) is 12.8. The fraction of sp³-hybridized carbons (Fsp3) is 0.500. The number of ether oxygens (including phenoxy) is 1. The average Bonchev–Trinajstić information content (AvgIpc) is 3.65. The largest absolute Gasteiger partial charge is 0.461 e. The highest BCUT2D eigenvalue weighted by atomic mass is 19.1. The maximum Gasteiger partial charge on any atom is 0.319 e. The van der Waals surface area contributed by atoms with Crippen LogP contribution >= 0.6 is 0 Å². The Morgan fingerprint density at radius 2 is 2.02 bits per heavy atom. The van der Waals surface area contributed by atoms with Crippen molar-refractivity contribution >= 4 is 34.1 Å². The average molecular weight is 678 g/mol. The van der Waals surface area contributed by atoms with Gasteiger partial charge in [-0.15, -0.1) is 6.42 Å². The van der Waals surface area contributed by atoms with E-state index < -0.39 is 34.5 Å². The molecule has 49 heavy (non-hydrogen) atoms. The van der Waals surface area contributed by atoms with E-state index in [-0.39, 0.29) is 78.2 Å². The molecule has 3 atom stereocenters. The molecule has 2 aliphatic heterocycles. The molecule has 1 aromatic carbocycles. The van der Waals surface area contributed by atoms with Crippen molar-refractivity contribution in [3.8, 4) is 18.4 Å². The van der Waals surface area contributed by atoms with E-state index in [9.17, 15) is 18.7 Å². The zero-order valence-corrected chi connectivity index (χ0v) is 28.3. The number of nitrogens with zero attached hydrogens (tertiary/aromatic N) is 6. The van der Waals surface area contributed by atoms with Gasteiger partial charge < -0.3 is 25.0 Å². The molecule has 2 fully saturated rings. The fourth-order valence-electron chi connectivity index (χ4n) is 7.57. The van der Waals surface area contributed by atoms with Crippen molar-refractivity contribution in [2.24, 2.45) is 0 Å². The Morgan fingerprint density at radius 3 is 2.67 bits per heavy atom. The molecule has 0 unspecified atom stereocenters. The second-order valence-corrected chi connectivity index (χ2v) is 14.2. The van der Waals surface area contributed by atoms with Gasteiger partial charge in [-0.2, -0.15) is 9.97 Å². The van der Waals surface area contributed by atoms with E-state index in [1.807, 2.05) is 18.9 Å². The predicted molar refractivity (Wildman–Crippen MR) is 182 cm³/mol. The minimum Gasteiger partial charge on any atom is -0.461 e. The number of benzene rings is 1. The molecule has 3 aromatic rings. The Labute approximate surface area is 284 Å². The van der Waals surface area contributed by atoms with Crippen LogP contribution < -0.4 is 15.0 Å². The van der Waals surface area contributed by atoms with Crippen LogP contribution in [0, 0.1) is 24.0 Å². The molecule has 2 aromatic heterocycles. The summed E-state index contributed by atoms with van der Waals surface area (Å²) in [5, 5.41) is 14.7. The maximum atomic E-state index is 16.9. The first-order chi connectivity index (χ1) is 23.2. The number of terminal acetylenes is 1. The normalized spacial score (nSPS) is 24.8. The first-order valence-corrected chi connectivity index (χ1v) is 16.5. The number of β-amino-alcohol motifs (C(OH)–C–C–N with tert-alkyl or cyclic N) is 1. The molecule has 1 aliphatic carbocycles. The molecule has 1 saturated heterocycles. The number of aliphatic hydroxyl groups is 1. The molecule has 3 aliphatic rings. The Morgan fingerprint density at radius 1 is 1.29 bits per heavy atom. The number of fused-ring (bicyclic) bond motifs is 2. The lowest BCUT2D eigenvalue weighted by Gasteiger charge is -2.40. The van der Waals surface area contributed by atoms with Crippen molar-refractivity contribution in [1.82, 2.24) is 24.8 Å². The topological polar surface area (TPSA) is 107 Å². The second-order valence-electron chi connectivity index (χ2n) is 14.2. The highest BCUT2D eigenvalue weighted by Crippen LogP contribution is 2.42. The molecule has 10 nitrogen and oxygen atoms in total. The number of likely N-dealkylation sites (N-methyl/N-ethyl adjacent to an activating group) is 2. The minimum absolute atomic E-state index is 0.0438. The van der Waals surface area contributed by atoms with E-state index in [2.05, 4.69) is 32.8 Å². The summed E-state index contributed by atoms with van der Waals surface area (Å²) in [6.45, 7) is 7.62. The van der Waals surface area contributed by atoms with Gasteiger partial charge >= 0.3 is 6.01 Å². The van der Waals surface area contributed by atoms with Crippen LogP contribution in [0.15, 0.2) is 31.0 Å². The van der Waals surface area contributed by atoms with Gasteiger partial charge in [0, 0.05) is 39.2 Å². The van der Waals surface area contributed by atoms with E-state index in [0.29, 0.717) is 12.1 Å². The summed E-state index contributed by atoms with van der Waals surface area (Å²) in [5.41, 5.74) is -1.90. The molecule has 0 radical (unpaired) electrons. The number of nitrogens with one attached hydrogen (secondary N) is 1. The number of anilines is 3. The van der Waals surface area contributed by atoms with Gasteiger partial charge in [-0.25, -0.2) is 18.2 Å². The Bertz CT molecular complexity index is 1840. The highest BCUT2D eigenvalue weighted by Gasteiger charge is 2.42. The van der Waals surface area contributed by atoms with Crippen LogP contribution in [0.5, 0.6) is 6.01 Å². The third kappa shape index (κ3) is 6.28. The molecule has 13 heteroatoms. The zero-order chi connectivity index (χ0) is 35.3. The van der Waals surface area contributed by atoms with Crippen LogP contribution in [0.25, 0.3) is 10.9 Å². The number of carbonyl (C=O) groups is 1. The van der Waals surface area contributed by atoms with E-state index in [0.717, 1.165) is 25.7 Å². The van der Waals surface area contributed by atoms with Gasteiger partial charge in [0.2, 0.25) is 5.91 Å². The molecule has 4 heterocycles. The van der Waals surface area contributed by atoms with Crippen LogP contribution in [0.1, 0.15) is 57.1 Å². The van der Waals surface area contributed by atoms with Gasteiger partial charge in [0.05, 0.1) is 39.9 Å². The number of rotatable bonds is 9. The van der Waals surface area contributed by atoms with Crippen LogP contribution in [-0.4, -0.2) is 99.0 Å². The van der Waals surface area contributed by atoms with Crippen molar-refractivity contribution in [2.75, 3.05) is 50.6 Å². The number of hydrogen-bond acceptors (Lipinski definition) is 9. The summed E-state index contributed by atoms with van der Waals surface area (Å²) < 4.78 is 52.2. The minimum atomic E-state index is -1.31. The van der Waals surface area contributed by atoms with Crippen LogP contribution in [-0.2, 0) is 11.2 Å². The predicted octanol–water partition coefficient (Wildman–Crippen LogP) is 4.91. The van der Waals surface area contributed by atoms with Crippen LogP contribution in [0.3, 0.4) is 0 Å². The molecule has 1 amide bonds. The summed E-state index contributed by atoms with van der Waals surface area (Å²) in [6, 6.07) is 2.62. The van der Waals surface area contributed by atoms with Gasteiger partial charge in [0.25, 0.3) is 0 Å². The van der Waals surface area contributed by atoms with Gasteiger partial charge in [0.15, 0.2) is 11.6 Å². The number of halogens is 3. The van der Waals surface area contributed by atoms with Gasteiger partial charge in [0.1, 0.15) is 29.9 Å². The quantitative estimate of drug-likeness (QED) is 0.242. The summed E-state index contributed by atoms with van der Waals surface area (Å²) in [6.07, 6.45) is 11.2. The SMILES string of the molecule is C#Cc1c(F)ccc2c1N(c1ncc3c(NCC4(N(C)C(=O)C=C)CCCC4)nc(OC[C@]4(C)C[C@@H](F)CN4C)nc3c1F)C[C@](C)(O)C2. The Balaban J connectivity index is 1.45. The van der Waals surface area contributed by atoms with E-state index in [1.165, 1.54) is 29.3 Å². The summed E-state index contributed by atoms with van der Waals surface area (Å²) in [5.74, 6) is 0.684. The van der Waals surface area contributed by atoms with Crippen molar-refractivity contribution in [1.29, 1.82) is 0 Å². The Kier molecular flexibility index (Phi) is 9.00. The first-order valence-electron chi connectivity index (χ1n) is 16.5. The molecule has 0 spiro atoms. The first kappa shape index (κ1) is 34.5. The smallest absolute Gasteiger partial charge is 0.319 e. The Hall–Kier alpha value is -4.41. The standard InChI is InChI=1S/C36H42F3N7O3/c1-7-24-26(38)12-11-22-15-35(4,48)20-46(30(22)24)32-28(39)29-25(17-40-32)31(41-19-36(13-9-10-14-36)45(6)27(47)8-2)43-33(42-29)49-21-34(3)16-23(37)18-44(34)5/h1,8,11-12,17,23,48H,2,9-10,13-16,18-21H2,3-6H3,(H,41,42,43)/t23-,34+,35-/m1/s1. The van der Waals surface area contributed by atoms with E-state index in [4.69, 9.17) is 11.2 Å². The third-order valence-electron chi connectivity index (χ3n) is 10.5. The molecular formula is C36H42F3N7O3. The lowest BCUT2D eigenvalue weighted by Crippen LogP contribution is -2.51. The van der Waals surface area contributed by atoms with Gasteiger partial charge in [-0.1, -0.05) is 31.4 Å². The fourth-order valence-corrected chi connectivity index (χ4v) is 7.57. The molecular weight excluding hydrogens is 635 g/mol. The number of likely N-dealkylation sites (tertiary alicyclic amines) is 1. The van der Waals surface area contributed by atoms with E-state index in [1.54, 1.807) is 18.9 Å². The molecule has 1 saturated carbocycles. The highest BCUT2D eigenvalue weighted by molar-refractivity contribution is 5.92. The number of aromatic nitrogens is 3. The van der Waals surface area contributed by atoms with E-state index >= 15 is 4.39 Å². The van der Waals surface area contributed by atoms with Crippen molar-refractivity contribution in [2.45, 2.75) is 75.2 Å². The molecule has 260 valence electrons. The number of alkyl halides is 1. The zero-order valence-electron chi connectivity index (χ0n) is 28.3. The van der Waals surface area contributed by atoms with Gasteiger partial charge in [-0.05, 0) is 51.4 Å². The molecule has 6 rings (SSSR count). The van der Waals surface area contributed by atoms with Crippen LogP contribution in [0.2, 0.25) is 0 Å². The maximum absolute atomic E-state index is 16.9. The lowest BCUT2D eigenvalue weighted by molar-refractivity contribution is -0.129. The van der Waals surface area contributed by atoms with Crippen molar-refractivity contribution in [3.63, 3.8) is 0 Å². The molecule has 2 N–H and O–H groups in total. The summed E-state index contributed by atoms with van der Waals surface area (Å²) in [4.78, 5) is 31.2.